The van der Waals surface area contributed by atoms with Gasteiger partial charge in [-0.25, -0.2) is 4.79 Å². The lowest BCUT2D eigenvalue weighted by Crippen LogP contribution is -2.29. The van der Waals surface area contributed by atoms with Crippen molar-refractivity contribution in [2.45, 2.75) is 19.6 Å². The fourth-order valence-electron chi connectivity index (χ4n) is 1.15. The standard InChI is InChI=1S/C10H14ClNO3Si/c1-16(2,3)15-8-5-6(10(13)14)4-7(12)9(8)11/h4-5H,12H2,1-3H3,(H,13,14). The summed E-state index contributed by atoms with van der Waals surface area (Å²) in [7, 11) is -1.84. The molecular weight excluding hydrogens is 246 g/mol. The van der Waals surface area contributed by atoms with Gasteiger partial charge in [0.1, 0.15) is 10.8 Å². The zero-order chi connectivity index (χ0) is 12.5. The third-order valence-electron chi connectivity index (χ3n) is 1.73. The summed E-state index contributed by atoms with van der Waals surface area (Å²) in [4.78, 5) is 10.8. The molecule has 0 aromatic heterocycles. The first-order valence-corrected chi connectivity index (χ1v) is 8.50. The van der Waals surface area contributed by atoms with Crippen LogP contribution in [0.5, 0.6) is 5.75 Å². The molecule has 0 unspecified atom stereocenters. The Bertz CT molecular complexity index is 429. The number of hydrogen-bond acceptors (Lipinski definition) is 3. The van der Waals surface area contributed by atoms with E-state index in [0.717, 1.165) is 0 Å². The number of anilines is 1. The van der Waals surface area contributed by atoms with E-state index in [2.05, 4.69) is 0 Å². The number of halogens is 1. The van der Waals surface area contributed by atoms with Gasteiger partial charge in [-0.05, 0) is 31.8 Å². The molecule has 88 valence electrons. The monoisotopic (exact) mass is 259 g/mol. The molecule has 0 atom stereocenters. The molecule has 4 nitrogen and oxygen atoms in total. The summed E-state index contributed by atoms with van der Waals surface area (Å²) in [6.07, 6.45) is 0. The quantitative estimate of drug-likeness (QED) is 0.647. The molecule has 0 aliphatic carbocycles. The van der Waals surface area contributed by atoms with Gasteiger partial charge in [-0.3, -0.25) is 0 Å². The van der Waals surface area contributed by atoms with Crippen LogP contribution in [0.1, 0.15) is 10.4 Å². The first-order valence-electron chi connectivity index (χ1n) is 4.72. The van der Waals surface area contributed by atoms with Gasteiger partial charge in [0, 0.05) is 0 Å². The van der Waals surface area contributed by atoms with Gasteiger partial charge < -0.3 is 15.3 Å². The van der Waals surface area contributed by atoms with Crippen LogP contribution in [0.25, 0.3) is 0 Å². The highest BCUT2D eigenvalue weighted by Gasteiger charge is 2.20. The average Bonchev–Trinajstić information content (AvgIpc) is 2.10. The smallest absolute Gasteiger partial charge is 0.335 e. The van der Waals surface area contributed by atoms with Crippen LogP contribution in [-0.2, 0) is 0 Å². The number of carbonyl (C=O) groups is 1. The molecule has 0 spiro atoms. The molecule has 16 heavy (non-hydrogen) atoms. The Kier molecular flexibility index (Phi) is 3.50. The predicted octanol–water partition coefficient (Wildman–Crippen LogP) is 2.83. The molecule has 1 rings (SSSR count). The van der Waals surface area contributed by atoms with E-state index in [1.807, 2.05) is 19.6 Å². The summed E-state index contributed by atoms with van der Waals surface area (Å²) in [6.45, 7) is 5.94. The van der Waals surface area contributed by atoms with Gasteiger partial charge in [-0.15, -0.1) is 0 Å². The minimum absolute atomic E-state index is 0.0788. The van der Waals surface area contributed by atoms with Crippen LogP contribution < -0.4 is 10.2 Å². The average molecular weight is 260 g/mol. The Hall–Kier alpha value is -1.20. The highest BCUT2D eigenvalue weighted by molar-refractivity contribution is 6.70. The number of nitrogen functional groups attached to an aromatic ring is 1. The van der Waals surface area contributed by atoms with E-state index < -0.39 is 14.3 Å². The number of hydrogen-bond donors (Lipinski definition) is 2. The second-order valence-electron chi connectivity index (χ2n) is 4.40. The molecule has 0 heterocycles. The van der Waals surface area contributed by atoms with Crippen molar-refractivity contribution in [3.63, 3.8) is 0 Å². The largest absolute Gasteiger partial charge is 0.543 e. The van der Waals surface area contributed by atoms with Gasteiger partial charge >= 0.3 is 5.97 Å². The Morgan fingerprint density at radius 3 is 2.44 bits per heavy atom. The maximum atomic E-state index is 10.8. The fourth-order valence-corrected chi connectivity index (χ4v) is 2.18. The van der Waals surface area contributed by atoms with Crippen molar-refractivity contribution < 1.29 is 14.3 Å². The maximum absolute atomic E-state index is 10.8. The summed E-state index contributed by atoms with van der Waals surface area (Å²) in [5, 5.41) is 9.15. The van der Waals surface area contributed by atoms with Gasteiger partial charge in [0.15, 0.2) is 0 Å². The maximum Gasteiger partial charge on any atom is 0.335 e. The lowest BCUT2D eigenvalue weighted by molar-refractivity contribution is 0.0696. The van der Waals surface area contributed by atoms with Crippen molar-refractivity contribution in [2.24, 2.45) is 0 Å². The lowest BCUT2D eigenvalue weighted by Gasteiger charge is -2.21. The molecule has 1 aromatic rings. The molecule has 0 bridgehead atoms. The number of carboxylic acid groups (broad SMARTS) is 1. The van der Waals surface area contributed by atoms with Crippen molar-refractivity contribution in [2.75, 3.05) is 5.73 Å². The van der Waals surface area contributed by atoms with E-state index >= 15 is 0 Å². The molecule has 0 fully saturated rings. The topological polar surface area (TPSA) is 72.5 Å². The highest BCUT2D eigenvalue weighted by Crippen LogP contribution is 2.33. The minimum atomic E-state index is -1.84. The zero-order valence-electron chi connectivity index (χ0n) is 9.37. The summed E-state index contributed by atoms with van der Waals surface area (Å²) in [6, 6.07) is 2.72. The molecular formula is C10H14ClNO3Si. The van der Waals surface area contributed by atoms with Crippen LogP contribution in [0.4, 0.5) is 5.69 Å². The lowest BCUT2D eigenvalue weighted by atomic mass is 10.2. The summed E-state index contributed by atoms with van der Waals surface area (Å²) >= 11 is 5.96. The molecule has 0 aliphatic rings. The van der Waals surface area contributed by atoms with Crippen molar-refractivity contribution in [3.05, 3.63) is 22.7 Å². The Morgan fingerprint density at radius 1 is 1.44 bits per heavy atom. The normalized spacial score (nSPS) is 11.2. The first-order chi connectivity index (χ1) is 7.20. The zero-order valence-corrected chi connectivity index (χ0v) is 11.1. The minimum Gasteiger partial charge on any atom is -0.543 e. The summed E-state index contributed by atoms with van der Waals surface area (Å²) in [5.74, 6) is -0.706. The van der Waals surface area contributed by atoms with Gasteiger partial charge in [-0.1, -0.05) is 11.6 Å². The van der Waals surface area contributed by atoms with E-state index in [-0.39, 0.29) is 16.3 Å². The van der Waals surface area contributed by atoms with Crippen molar-refractivity contribution in [1.29, 1.82) is 0 Å². The molecule has 6 heteroatoms. The van der Waals surface area contributed by atoms with Gasteiger partial charge in [-0.2, -0.15) is 0 Å². The van der Waals surface area contributed by atoms with Crippen LogP contribution in [0.15, 0.2) is 12.1 Å². The highest BCUT2D eigenvalue weighted by atomic mass is 35.5. The first kappa shape index (κ1) is 12.9. The van der Waals surface area contributed by atoms with E-state index in [9.17, 15) is 4.79 Å². The van der Waals surface area contributed by atoms with Crippen molar-refractivity contribution in [1.82, 2.24) is 0 Å². The predicted molar refractivity (Wildman–Crippen MR) is 66.8 cm³/mol. The molecule has 0 radical (unpaired) electrons. The summed E-state index contributed by atoms with van der Waals surface area (Å²) in [5.41, 5.74) is 5.91. The molecule has 0 aliphatic heterocycles. The van der Waals surface area contributed by atoms with Crippen molar-refractivity contribution >= 4 is 31.6 Å². The molecule has 3 N–H and O–H groups in total. The Morgan fingerprint density at radius 2 is 2.00 bits per heavy atom. The van der Waals surface area contributed by atoms with E-state index in [1.165, 1.54) is 12.1 Å². The Balaban J connectivity index is 3.22. The second-order valence-corrected chi connectivity index (χ2v) is 9.20. The Labute approximate surface area is 100 Å². The number of rotatable bonds is 3. The third-order valence-corrected chi connectivity index (χ3v) is 2.97. The molecule has 1 aromatic carbocycles. The number of benzene rings is 1. The van der Waals surface area contributed by atoms with Crippen LogP contribution in [0, 0.1) is 0 Å². The number of carboxylic acids is 1. The van der Waals surface area contributed by atoms with E-state index in [0.29, 0.717) is 5.75 Å². The number of nitrogens with two attached hydrogens (primary N) is 1. The molecule has 0 saturated carbocycles. The number of aromatic carboxylic acids is 1. The van der Waals surface area contributed by atoms with Crippen LogP contribution in [0.3, 0.4) is 0 Å². The second kappa shape index (κ2) is 4.35. The van der Waals surface area contributed by atoms with Gasteiger partial charge in [0.2, 0.25) is 8.32 Å². The SMILES string of the molecule is C[Si](C)(C)Oc1cc(C(=O)O)cc(N)c1Cl. The van der Waals surface area contributed by atoms with E-state index in [1.54, 1.807) is 0 Å². The van der Waals surface area contributed by atoms with Crippen LogP contribution in [0.2, 0.25) is 24.7 Å². The molecule has 0 saturated heterocycles. The van der Waals surface area contributed by atoms with Crippen LogP contribution >= 0.6 is 11.6 Å². The van der Waals surface area contributed by atoms with Gasteiger partial charge in [0.05, 0.1) is 11.3 Å². The summed E-state index contributed by atoms with van der Waals surface area (Å²) < 4.78 is 5.67. The van der Waals surface area contributed by atoms with Gasteiger partial charge in [0.25, 0.3) is 0 Å². The fraction of sp³-hybridized carbons (Fsp3) is 0.300. The third kappa shape index (κ3) is 3.14. The van der Waals surface area contributed by atoms with E-state index in [4.69, 9.17) is 26.9 Å². The van der Waals surface area contributed by atoms with Crippen LogP contribution in [-0.4, -0.2) is 19.4 Å². The molecule has 0 amide bonds. The van der Waals surface area contributed by atoms with Crippen molar-refractivity contribution in [3.8, 4) is 5.75 Å².